The highest BCUT2D eigenvalue weighted by Crippen LogP contribution is 2.16. The van der Waals surface area contributed by atoms with E-state index >= 15 is 0 Å². The molecule has 1 aromatic rings. The first-order valence-electron chi connectivity index (χ1n) is 4.48. The SMILES string of the molecule is CCCCc1cc(C)cc(Cl)c1. The minimum Gasteiger partial charge on any atom is -0.0843 e. The lowest BCUT2D eigenvalue weighted by atomic mass is 10.1. The molecule has 66 valence electrons. The van der Waals surface area contributed by atoms with E-state index in [9.17, 15) is 0 Å². The van der Waals surface area contributed by atoms with Crippen LogP contribution in [-0.2, 0) is 6.42 Å². The highest BCUT2D eigenvalue weighted by Gasteiger charge is 1.95. The number of halogens is 1. The molecule has 0 bridgehead atoms. The lowest BCUT2D eigenvalue weighted by molar-refractivity contribution is 0.794. The van der Waals surface area contributed by atoms with Gasteiger partial charge in [-0.3, -0.25) is 0 Å². The maximum atomic E-state index is 5.93. The molecule has 0 unspecified atom stereocenters. The van der Waals surface area contributed by atoms with E-state index in [0.717, 1.165) is 11.4 Å². The van der Waals surface area contributed by atoms with Gasteiger partial charge in [0.25, 0.3) is 0 Å². The first kappa shape index (κ1) is 9.60. The highest BCUT2D eigenvalue weighted by atomic mass is 35.5. The Kier molecular flexibility index (Phi) is 3.61. The first-order valence-corrected chi connectivity index (χ1v) is 4.86. The molecule has 0 fully saturated rings. The fraction of sp³-hybridized carbons (Fsp3) is 0.455. The predicted octanol–water partition coefficient (Wildman–Crippen LogP) is 3.99. The fourth-order valence-corrected chi connectivity index (χ4v) is 1.65. The van der Waals surface area contributed by atoms with Crippen LogP contribution >= 0.6 is 11.6 Å². The van der Waals surface area contributed by atoms with Gasteiger partial charge in [-0.1, -0.05) is 31.0 Å². The Labute approximate surface area is 79.6 Å². The van der Waals surface area contributed by atoms with Crippen LogP contribution in [0.2, 0.25) is 5.02 Å². The standard InChI is InChI=1S/C11H15Cl/c1-3-4-5-10-6-9(2)7-11(12)8-10/h6-8H,3-5H2,1-2H3. The Morgan fingerprint density at radius 1 is 1.25 bits per heavy atom. The van der Waals surface area contributed by atoms with Crippen molar-refractivity contribution in [3.05, 3.63) is 34.3 Å². The molecular formula is C11H15Cl. The number of benzene rings is 1. The van der Waals surface area contributed by atoms with E-state index in [1.165, 1.54) is 24.0 Å². The molecule has 0 amide bonds. The Morgan fingerprint density at radius 3 is 2.58 bits per heavy atom. The second kappa shape index (κ2) is 4.51. The summed E-state index contributed by atoms with van der Waals surface area (Å²) in [5, 5.41) is 0.862. The maximum Gasteiger partial charge on any atom is 0.0411 e. The third-order valence-electron chi connectivity index (χ3n) is 1.92. The van der Waals surface area contributed by atoms with Gasteiger partial charge in [0.2, 0.25) is 0 Å². The van der Waals surface area contributed by atoms with E-state index in [4.69, 9.17) is 11.6 Å². The number of hydrogen-bond acceptors (Lipinski definition) is 0. The summed E-state index contributed by atoms with van der Waals surface area (Å²) >= 11 is 5.93. The molecule has 0 aromatic heterocycles. The molecule has 1 rings (SSSR count). The van der Waals surface area contributed by atoms with Gasteiger partial charge in [-0.05, 0) is 43.0 Å². The summed E-state index contributed by atoms with van der Waals surface area (Å²) in [7, 11) is 0. The number of unbranched alkanes of at least 4 members (excludes halogenated alkanes) is 1. The molecule has 0 aliphatic carbocycles. The van der Waals surface area contributed by atoms with Crippen molar-refractivity contribution >= 4 is 11.6 Å². The van der Waals surface area contributed by atoms with Crippen LogP contribution in [-0.4, -0.2) is 0 Å². The van der Waals surface area contributed by atoms with Crippen LogP contribution < -0.4 is 0 Å². The summed E-state index contributed by atoms with van der Waals surface area (Å²) < 4.78 is 0. The Bertz CT molecular complexity index is 233. The monoisotopic (exact) mass is 182 g/mol. The van der Waals surface area contributed by atoms with E-state index < -0.39 is 0 Å². The number of rotatable bonds is 3. The van der Waals surface area contributed by atoms with Crippen molar-refractivity contribution in [2.24, 2.45) is 0 Å². The van der Waals surface area contributed by atoms with E-state index in [1.807, 2.05) is 6.07 Å². The molecule has 0 saturated heterocycles. The third kappa shape index (κ3) is 2.86. The molecule has 0 aliphatic heterocycles. The Balaban J connectivity index is 2.72. The van der Waals surface area contributed by atoms with Gasteiger partial charge in [0, 0.05) is 5.02 Å². The largest absolute Gasteiger partial charge is 0.0843 e. The van der Waals surface area contributed by atoms with Gasteiger partial charge in [-0.2, -0.15) is 0 Å². The lowest BCUT2D eigenvalue weighted by Crippen LogP contribution is -1.85. The zero-order valence-electron chi connectivity index (χ0n) is 7.73. The predicted molar refractivity (Wildman–Crippen MR) is 54.8 cm³/mol. The first-order chi connectivity index (χ1) is 5.72. The molecule has 0 atom stereocenters. The molecule has 0 spiro atoms. The van der Waals surface area contributed by atoms with Gasteiger partial charge in [0.1, 0.15) is 0 Å². The van der Waals surface area contributed by atoms with Crippen LogP contribution in [0, 0.1) is 6.92 Å². The summed E-state index contributed by atoms with van der Waals surface area (Å²) in [4.78, 5) is 0. The number of hydrogen-bond donors (Lipinski definition) is 0. The molecule has 0 saturated carbocycles. The van der Waals surface area contributed by atoms with Crippen molar-refractivity contribution in [1.29, 1.82) is 0 Å². The van der Waals surface area contributed by atoms with Crippen LogP contribution in [0.25, 0.3) is 0 Å². The lowest BCUT2D eigenvalue weighted by Gasteiger charge is -2.02. The Hall–Kier alpha value is -0.490. The van der Waals surface area contributed by atoms with Gasteiger partial charge in [-0.15, -0.1) is 0 Å². The molecule has 0 N–H and O–H groups in total. The third-order valence-corrected chi connectivity index (χ3v) is 2.14. The quantitative estimate of drug-likeness (QED) is 0.663. The maximum absolute atomic E-state index is 5.93. The zero-order chi connectivity index (χ0) is 8.97. The molecule has 0 aliphatic rings. The highest BCUT2D eigenvalue weighted by molar-refractivity contribution is 6.30. The number of aryl methyl sites for hydroxylation is 2. The smallest absolute Gasteiger partial charge is 0.0411 e. The van der Waals surface area contributed by atoms with E-state index in [0.29, 0.717) is 0 Å². The average molecular weight is 183 g/mol. The van der Waals surface area contributed by atoms with Crippen molar-refractivity contribution in [2.45, 2.75) is 33.1 Å². The summed E-state index contributed by atoms with van der Waals surface area (Å²) in [6, 6.07) is 6.27. The molecule has 1 heteroatoms. The Morgan fingerprint density at radius 2 is 2.00 bits per heavy atom. The van der Waals surface area contributed by atoms with Crippen LogP contribution in [0.15, 0.2) is 18.2 Å². The van der Waals surface area contributed by atoms with Crippen molar-refractivity contribution in [2.75, 3.05) is 0 Å². The topological polar surface area (TPSA) is 0 Å². The van der Waals surface area contributed by atoms with Crippen LogP contribution in [0.1, 0.15) is 30.9 Å². The summed E-state index contributed by atoms with van der Waals surface area (Å²) in [6.45, 7) is 4.29. The van der Waals surface area contributed by atoms with Gasteiger partial charge >= 0.3 is 0 Å². The van der Waals surface area contributed by atoms with Crippen LogP contribution in [0.5, 0.6) is 0 Å². The molecular weight excluding hydrogens is 168 g/mol. The van der Waals surface area contributed by atoms with E-state index in [-0.39, 0.29) is 0 Å². The van der Waals surface area contributed by atoms with Gasteiger partial charge < -0.3 is 0 Å². The molecule has 1 aromatic carbocycles. The molecule has 0 radical (unpaired) electrons. The summed E-state index contributed by atoms with van der Waals surface area (Å²) in [5.41, 5.74) is 2.62. The molecule has 12 heavy (non-hydrogen) atoms. The summed E-state index contributed by atoms with van der Waals surface area (Å²) in [5.74, 6) is 0. The minimum atomic E-state index is 0.862. The van der Waals surface area contributed by atoms with Gasteiger partial charge in [0.15, 0.2) is 0 Å². The fourth-order valence-electron chi connectivity index (χ4n) is 1.34. The van der Waals surface area contributed by atoms with Crippen LogP contribution in [0.3, 0.4) is 0 Å². The van der Waals surface area contributed by atoms with Gasteiger partial charge in [0.05, 0.1) is 0 Å². The van der Waals surface area contributed by atoms with Crippen molar-refractivity contribution < 1.29 is 0 Å². The average Bonchev–Trinajstić information content (AvgIpc) is 1.99. The van der Waals surface area contributed by atoms with Crippen LogP contribution in [0.4, 0.5) is 0 Å². The van der Waals surface area contributed by atoms with Crippen molar-refractivity contribution in [3.63, 3.8) is 0 Å². The zero-order valence-corrected chi connectivity index (χ0v) is 8.49. The van der Waals surface area contributed by atoms with E-state index in [1.54, 1.807) is 0 Å². The van der Waals surface area contributed by atoms with Crippen molar-refractivity contribution in [3.8, 4) is 0 Å². The normalized spacial score (nSPS) is 10.2. The molecule has 0 heterocycles. The van der Waals surface area contributed by atoms with E-state index in [2.05, 4.69) is 26.0 Å². The summed E-state index contributed by atoms with van der Waals surface area (Å²) in [6.07, 6.45) is 3.64. The molecule has 0 nitrogen and oxygen atoms in total. The second-order valence-electron chi connectivity index (χ2n) is 3.24. The second-order valence-corrected chi connectivity index (χ2v) is 3.68. The van der Waals surface area contributed by atoms with Gasteiger partial charge in [-0.25, -0.2) is 0 Å². The minimum absolute atomic E-state index is 0.862. The van der Waals surface area contributed by atoms with Crippen molar-refractivity contribution in [1.82, 2.24) is 0 Å².